The smallest absolute Gasteiger partial charge is 0.0622 e. The molecule has 0 saturated carbocycles. The van der Waals surface area contributed by atoms with Gasteiger partial charge in [-0.3, -0.25) is 0 Å². The summed E-state index contributed by atoms with van der Waals surface area (Å²) in [6.07, 6.45) is 3.42. The minimum Gasteiger partial charge on any atom is -0.381 e. The first-order chi connectivity index (χ1) is 7.59. The van der Waals surface area contributed by atoms with Crippen LogP contribution in [0.2, 0.25) is 0 Å². The van der Waals surface area contributed by atoms with Gasteiger partial charge in [0.15, 0.2) is 0 Å². The molecule has 3 heteroatoms. The van der Waals surface area contributed by atoms with E-state index in [-0.39, 0.29) is 5.60 Å². The Kier molecular flexibility index (Phi) is 5.73. The second-order valence-electron chi connectivity index (χ2n) is 5.29. The number of nitrogens with one attached hydrogen (secondary N) is 1. The zero-order chi connectivity index (χ0) is 12.0. The molecule has 3 nitrogen and oxygen atoms in total. The van der Waals surface area contributed by atoms with Gasteiger partial charge in [0.2, 0.25) is 0 Å². The van der Waals surface area contributed by atoms with Crippen LogP contribution in [0.3, 0.4) is 0 Å². The van der Waals surface area contributed by atoms with Gasteiger partial charge >= 0.3 is 0 Å². The molecule has 0 aromatic heterocycles. The largest absolute Gasteiger partial charge is 0.381 e. The molecular formula is C13H27NO2. The Labute approximate surface area is 99.9 Å². The molecule has 0 aliphatic carbocycles. The summed E-state index contributed by atoms with van der Waals surface area (Å²) in [4.78, 5) is 0. The van der Waals surface area contributed by atoms with Crippen molar-refractivity contribution < 1.29 is 9.47 Å². The molecule has 0 amide bonds. The van der Waals surface area contributed by atoms with Crippen molar-refractivity contribution in [2.24, 2.45) is 5.92 Å². The summed E-state index contributed by atoms with van der Waals surface area (Å²) >= 11 is 0. The minimum absolute atomic E-state index is 0.00574. The Balaban J connectivity index is 2.37. The quantitative estimate of drug-likeness (QED) is 0.757. The molecule has 1 fully saturated rings. The number of hydrogen-bond donors (Lipinski definition) is 1. The van der Waals surface area contributed by atoms with Gasteiger partial charge in [0.05, 0.1) is 12.2 Å². The van der Waals surface area contributed by atoms with Gasteiger partial charge in [-0.25, -0.2) is 0 Å². The van der Waals surface area contributed by atoms with E-state index in [1.807, 2.05) is 0 Å². The Morgan fingerprint density at radius 2 is 2.19 bits per heavy atom. The van der Waals surface area contributed by atoms with Gasteiger partial charge in [-0.1, -0.05) is 6.92 Å². The molecule has 0 radical (unpaired) electrons. The second kappa shape index (κ2) is 6.58. The summed E-state index contributed by atoms with van der Waals surface area (Å²) < 4.78 is 11.0. The molecule has 1 aliphatic heterocycles. The van der Waals surface area contributed by atoms with Crippen molar-refractivity contribution in [2.75, 3.05) is 26.9 Å². The molecule has 0 spiro atoms. The van der Waals surface area contributed by atoms with E-state index >= 15 is 0 Å². The van der Waals surface area contributed by atoms with E-state index in [4.69, 9.17) is 9.47 Å². The fourth-order valence-corrected chi connectivity index (χ4v) is 2.25. The average Bonchev–Trinajstić information content (AvgIpc) is 2.28. The van der Waals surface area contributed by atoms with E-state index in [2.05, 4.69) is 26.1 Å². The fraction of sp³-hybridized carbons (Fsp3) is 1.00. The lowest BCUT2D eigenvalue weighted by Gasteiger charge is -2.34. The third-order valence-corrected chi connectivity index (χ3v) is 3.61. The Bertz CT molecular complexity index is 192. The first-order valence-electron chi connectivity index (χ1n) is 6.45. The van der Waals surface area contributed by atoms with Crippen molar-refractivity contribution in [3.8, 4) is 0 Å². The number of ether oxygens (including phenoxy) is 2. The highest BCUT2D eigenvalue weighted by Gasteiger charge is 2.27. The number of hydrogen-bond acceptors (Lipinski definition) is 3. The summed E-state index contributed by atoms with van der Waals surface area (Å²) in [5.74, 6) is 0.642. The molecule has 16 heavy (non-hydrogen) atoms. The molecule has 0 bridgehead atoms. The normalized spacial score (nSPS) is 27.0. The van der Waals surface area contributed by atoms with Crippen LogP contribution in [0.25, 0.3) is 0 Å². The highest BCUT2D eigenvalue weighted by molar-refractivity contribution is 4.81. The molecule has 1 aliphatic rings. The van der Waals surface area contributed by atoms with Gasteiger partial charge in [0, 0.05) is 19.8 Å². The van der Waals surface area contributed by atoms with E-state index in [1.165, 1.54) is 6.42 Å². The average molecular weight is 229 g/mol. The summed E-state index contributed by atoms with van der Waals surface area (Å²) in [7, 11) is 1.79. The van der Waals surface area contributed by atoms with Crippen LogP contribution in [0.4, 0.5) is 0 Å². The highest BCUT2D eigenvalue weighted by atomic mass is 16.5. The SMILES string of the molecule is CCNC1CCOCC1CCC(C)(C)OC. The van der Waals surface area contributed by atoms with Gasteiger partial charge in [-0.2, -0.15) is 0 Å². The molecule has 0 aromatic carbocycles. The van der Waals surface area contributed by atoms with Crippen LogP contribution in [0.1, 0.15) is 40.0 Å². The van der Waals surface area contributed by atoms with Gasteiger partial charge in [-0.05, 0) is 45.6 Å². The van der Waals surface area contributed by atoms with Crippen molar-refractivity contribution in [3.05, 3.63) is 0 Å². The maximum Gasteiger partial charge on any atom is 0.0622 e. The first kappa shape index (κ1) is 13.9. The lowest BCUT2D eigenvalue weighted by molar-refractivity contribution is -0.0102. The van der Waals surface area contributed by atoms with Crippen molar-refractivity contribution in [3.63, 3.8) is 0 Å². The molecule has 1 rings (SSSR count). The Morgan fingerprint density at radius 3 is 2.81 bits per heavy atom. The summed E-state index contributed by atoms with van der Waals surface area (Å²) in [5.41, 5.74) is -0.00574. The zero-order valence-electron chi connectivity index (χ0n) is 11.2. The summed E-state index contributed by atoms with van der Waals surface area (Å²) in [6, 6.07) is 0.631. The number of methoxy groups -OCH3 is 1. The van der Waals surface area contributed by atoms with Crippen LogP contribution in [0.5, 0.6) is 0 Å². The molecule has 2 atom stereocenters. The lowest BCUT2D eigenvalue weighted by atomic mass is 9.87. The van der Waals surface area contributed by atoms with E-state index in [0.717, 1.165) is 32.6 Å². The number of rotatable bonds is 6. The van der Waals surface area contributed by atoms with E-state index in [1.54, 1.807) is 7.11 Å². The van der Waals surface area contributed by atoms with Crippen LogP contribution in [0.15, 0.2) is 0 Å². The third kappa shape index (κ3) is 4.40. The van der Waals surface area contributed by atoms with Gasteiger partial charge < -0.3 is 14.8 Å². The van der Waals surface area contributed by atoms with Crippen LogP contribution < -0.4 is 5.32 Å². The minimum atomic E-state index is -0.00574. The standard InChI is InChI=1S/C13H27NO2/c1-5-14-12-7-9-16-10-11(12)6-8-13(2,3)15-4/h11-12,14H,5-10H2,1-4H3. The first-order valence-corrected chi connectivity index (χ1v) is 6.45. The van der Waals surface area contributed by atoms with Crippen molar-refractivity contribution >= 4 is 0 Å². The van der Waals surface area contributed by atoms with Crippen molar-refractivity contribution in [2.45, 2.75) is 51.7 Å². The fourth-order valence-electron chi connectivity index (χ4n) is 2.25. The molecule has 2 unspecified atom stereocenters. The van der Waals surface area contributed by atoms with E-state index < -0.39 is 0 Å². The van der Waals surface area contributed by atoms with E-state index in [0.29, 0.717) is 12.0 Å². The molecule has 1 saturated heterocycles. The maximum atomic E-state index is 5.58. The van der Waals surface area contributed by atoms with E-state index in [9.17, 15) is 0 Å². The summed E-state index contributed by atoms with van der Waals surface area (Å²) in [5, 5.41) is 3.57. The molecular weight excluding hydrogens is 202 g/mol. The predicted molar refractivity (Wildman–Crippen MR) is 66.7 cm³/mol. The molecule has 1 N–H and O–H groups in total. The van der Waals surface area contributed by atoms with Crippen LogP contribution >= 0.6 is 0 Å². The third-order valence-electron chi connectivity index (χ3n) is 3.61. The Morgan fingerprint density at radius 1 is 1.44 bits per heavy atom. The zero-order valence-corrected chi connectivity index (χ0v) is 11.2. The van der Waals surface area contributed by atoms with Crippen LogP contribution in [0, 0.1) is 5.92 Å². The van der Waals surface area contributed by atoms with Crippen LogP contribution in [-0.2, 0) is 9.47 Å². The van der Waals surface area contributed by atoms with Gasteiger partial charge in [0.1, 0.15) is 0 Å². The molecule has 0 aromatic rings. The Hall–Kier alpha value is -0.120. The highest BCUT2D eigenvalue weighted by Crippen LogP contribution is 2.25. The van der Waals surface area contributed by atoms with Gasteiger partial charge in [0.25, 0.3) is 0 Å². The molecule has 96 valence electrons. The maximum absolute atomic E-state index is 5.58. The van der Waals surface area contributed by atoms with Crippen molar-refractivity contribution in [1.29, 1.82) is 0 Å². The topological polar surface area (TPSA) is 30.5 Å². The van der Waals surface area contributed by atoms with Crippen molar-refractivity contribution in [1.82, 2.24) is 5.32 Å². The second-order valence-corrected chi connectivity index (χ2v) is 5.29. The summed E-state index contributed by atoms with van der Waals surface area (Å²) in [6.45, 7) is 9.33. The monoisotopic (exact) mass is 229 g/mol. The lowest BCUT2D eigenvalue weighted by Crippen LogP contribution is -2.43. The van der Waals surface area contributed by atoms with Gasteiger partial charge in [-0.15, -0.1) is 0 Å². The predicted octanol–water partition coefficient (Wildman–Crippen LogP) is 2.21. The molecule has 1 heterocycles. The van der Waals surface area contributed by atoms with Crippen LogP contribution in [-0.4, -0.2) is 38.5 Å².